The zero-order chi connectivity index (χ0) is 25.5. The van der Waals surface area contributed by atoms with Gasteiger partial charge in [-0.25, -0.2) is 0 Å². The fourth-order valence-corrected chi connectivity index (χ4v) is 6.55. The predicted molar refractivity (Wildman–Crippen MR) is 161 cm³/mol. The summed E-state index contributed by atoms with van der Waals surface area (Å²) in [5, 5.41) is 5.88. The van der Waals surface area contributed by atoms with E-state index >= 15 is 0 Å². The lowest BCUT2D eigenvalue weighted by Crippen LogP contribution is -2.00. The van der Waals surface area contributed by atoms with Crippen LogP contribution in [0, 0.1) is 0 Å². The Bertz CT molecular complexity index is 2290. The van der Waals surface area contributed by atoms with Gasteiger partial charge < -0.3 is 13.4 Å². The van der Waals surface area contributed by atoms with Crippen molar-refractivity contribution in [2.45, 2.75) is 12.8 Å². The van der Waals surface area contributed by atoms with Gasteiger partial charge in [0.2, 0.25) is 0 Å². The lowest BCUT2D eigenvalue weighted by Gasteiger charge is -2.12. The second-order valence-electron chi connectivity index (χ2n) is 10.4. The summed E-state index contributed by atoms with van der Waals surface area (Å²) in [6, 6.07) is 36.4. The van der Waals surface area contributed by atoms with Gasteiger partial charge in [-0.2, -0.15) is 0 Å². The molecule has 3 heteroatoms. The molecule has 1 aliphatic carbocycles. The predicted octanol–water partition coefficient (Wildman–Crippen LogP) is 10.1. The third-order valence-electron chi connectivity index (χ3n) is 8.28. The lowest BCUT2D eigenvalue weighted by atomic mass is 9.98. The standard InChI is InChI=1S/C36H23NO2/c1-4-12-30-25(8-1)26-9-2-5-13-31(26)37(30)23-17-19-33-29(21-23)27-18-16-22(20-35(27)39-33)24-11-7-15-34-36(24)28-10-3-6-14-32(28)38-34/h1,3-8,10-21H,2,9H2. The van der Waals surface area contributed by atoms with Gasteiger partial charge >= 0.3 is 0 Å². The van der Waals surface area contributed by atoms with E-state index in [1.807, 2.05) is 18.2 Å². The van der Waals surface area contributed by atoms with Gasteiger partial charge in [0.05, 0.1) is 5.52 Å². The Morgan fingerprint density at radius 1 is 0.590 bits per heavy atom. The van der Waals surface area contributed by atoms with Crippen molar-refractivity contribution >= 4 is 60.9 Å². The van der Waals surface area contributed by atoms with Gasteiger partial charge in [-0.05, 0) is 84.1 Å². The normalized spacial score (nSPS) is 13.3. The molecule has 0 radical (unpaired) electrons. The van der Waals surface area contributed by atoms with E-state index in [-0.39, 0.29) is 0 Å². The fourth-order valence-electron chi connectivity index (χ4n) is 6.55. The highest BCUT2D eigenvalue weighted by Crippen LogP contribution is 2.40. The number of hydrogen-bond acceptors (Lipinski definition) is 2. The highest BCUT2D eigenvalue weighted by molar-refractivity contribution is 6.13. The average molecular weight is 502 g/mol. The van der Waals surface area contributed by atoms with Crippen LogP contribution in [0.25, 0.3) is 77.7 Å². The molecule has 0 atom stereocenters. The molecular weight excluding hydrogens is 478 g/mol. The van der Waals surface area contributed by atoms with E-state index in [9.17, 15) is 0 Å². The van der Waals surface area contributed by atoms with Crippen molar-refractivity contribution in [2.75, 3.05) is 0 Å². The van der Waals surface area contributed by atoms with Crippen LogP contribution in [0.5, 0.6) is 0 Å². The van der Waals surface area contributed by atoms with Crippen LogP contribution in [-0.2, 0) is 6.42 Å². The molecule has 39 heavy (non-hydrogen) atoms. The van der Waals surface area contributed by atoms with Gasteiger partial charge in [0.15, 0.2) is 0 Å². The van der Waals surface area contributed by atoms with Crippen molar-refractivity contribution in [3.63, 3.8) is 0 Å². The molecule has 3 aromatic heterocycles. The largest absolute Gasteiger partial charge is 0.456 e. The SMILES string of the molecule is C1=Cc2c(c3ccccc3n2-c2ccc3oc4cc(-c5cccc6oc7ccccc7c56)ccc4c3c2)CC1. The molecule has 0 aliphatic heterocycles. The maximum atomic E-state index is 6.42. The second-order valence-corrected chi connectivity index (χ2v) is 10.4. The van der Waals surface area contributed by atoms with Crippen LogP contribution in [0.2, 0.25) is 0 Å². The topological polar surface area (TPSA) is 31.2 Å². The number of furan rings is 2. The van der Waals surface area contributed by atoms with E-state index in [1.54, 1.807) is 0 Å². The van der Waals surface area contributed by atoms with Crippen LogP contribution in [-0.4, -0.2) is 4.57 Å². The molecule has 5 aromatic carbocycles. The Morgan fingerprint density at radius 3 is 2.38 bits per heavy atom. The molecule has 0 fully saturated rings. The number of rotatable bonds is 2. The van der Waals surface area contributed by atoms with Gasteiger partial charge in [-0.3, -0.25) is 0 Å². The van der Waals surface area contributed by atoms with E-state index in [0.29, 0.717) is 0 Å². The Hall–Kier alpha value is -5.02. The quantitative estimate of drug-likeness (QED) is 0.236. The second kappa shape index (κ2) is 7.75. The molecule has 3 nitrogen and oxygen atoms in total. The van der Waals surface area contributed by atoms with Crippen molar-refractivity contribution in [1.29, 1.82) is 0 Å². The fraction of sp³-hybridized carbons (Fsp3) is 0.0556. The number of nitrogens with zero attached hydrogens (tertiary/aromatic N) is 1. The molecule has 9 rings (SSSR count). The summed E-state index contributed by atoms with van der Waals surface area (Å²) in [5.74, 6) is 0. The number of aryl methyl sites for hydroxylation is 1. The Balaban J connectivity index is 1.24. The molecule has 0 bridgehead atoms. The molecule has 0 saturated carbocycles. The summed E-state index contributed by atoms with van der Waals surface area (Å²) in [6.45, 7) is 0. The van der Waals surface area contributed by atoms with Crippen LogP contribution >= 0.6 is 0 Å². The number of benzene rings is 5. The first-order chi connectivity index (χ1) is 19.3. The average Bonchev–Trinajstić information content (AvgIpc) is 3.65. The minimum atomic E-state index is 0.892. The van der Waals surface area contributed by atoms with Crippen molar-refractivity contribution < 1.29 is 8.83 Å². The first kappa shape index (κ1) is 21.0. The molecule has 0 unspecified atom stereocenters. The number of para-hydroxylation sites is 2. The molecule has 184 valence electrons. The molecule has 8 aromatic rings. The molecule has 0 spiro atoms. The van der Waals surface area contributed by atoms with Gasteiger partial charge in [0.1, 0.15) is 22.3 Å². The molecular formula is C36H23NO2. The van der Waals surface area contributed by atoms with E-state index in [0.717, 1.165) is 73.5 Å². The summed E-state index contributed by atoms with van der Waals surface area (Å²) < 4.78 is 15.0. The smallest absolute Gasteiger partial charge is 0.136 e. The monoisotopic (exact) mass is 501 g/mol. The van der Waals surface area contributed by atoms with Crippen molar-refractivity contribution in [2.24, 2.45) is 0 Å². The minimum Gasteiger partial charge on any atom is -0.456 e. The highest BCUT2D eigenvalue weighted by atomic mass is 16.3. The summed E-state index contributed by atoms with van der Waals surface area (Å²) >= 11 is 0. The number of fused-ring (bicyclic) bond motifs is 9. The maximum Gasteiger partial charge on any atom is 0.136 e. The molecule has 0 saturated heterocycles. The van der Waals surface area contributed by atoms with Gasteiger partial charge in [0, 0.05) is 38.3 Å². The third-order valence-corrected chi connectivity index (χ3v) is 8.28. The highest BCUT2D eigenvalue weighted by Gasteiger charge is 2.19. The number of allylic oxidation sites excluding steroid dienone is 1. The summed E-state index contributed by atoms with van der Waals surface area (Å²) in [4.78, 5) is 0. The van der Waals surface area contributed by atoms with Crippen LogP contribution in [0.15, 0.2) is 118 Å². The van der Waals surface area contributed by atoms with Gasteiger partial charge in [-0.15, -0.1) is 0 Å². The summed E-state index contributed by atoms with van der Waals surface area (Å²) in [6.07, 6.45) is 6.74. The van der Waals surface area contributed by atoms with E-state index in [2.05, 4.69) is 102 Å². The van der Waals surface area contributed by atoms with Crippen molar-refractivity contribution in [3.8, 4) is 16.8 Å². The lowest BCUT2D eigenvalue weighted by molar-refractivity contribution is 0.668. The van der Waals surface area contributed by atoms with Crippen LogP contribution in [0.4, 0.5) is 0 Å². The van der Waals surface area contributed by atoms with Crippen LogP contribution in [0.1, 0.15) is 17.7 Å². The van der Waals surface area contributed by atoms with E-state index < -0.39 is 0 Å². The van der Waals surface area contributed by atoms with E-state index in [1.165, 1.54) is 22.2 Å². The molecule has 3 heterocycles. The molecule has 0 N–H and O–H groups in total. The Kier molecular flexibility index (Phi) is 4.17. The van der Waals surface area contributed by atoms with Gasteiger partial charge in [-0.1, -0.05) is 60.7 Å². The first-order valence-corrected chi connectivity index (χ1v) is 13.5. The van der Waals surface area contributed by atoms with Crippen LogP contribution in [0.3, 0.4) is 0 Å². The van der Waals surface area contributed by atoms with Crippen molar-refractivity contribution in [3.05, 3.63) is 120 Å². The first-order valence-electron chi connectivity index (χ1n) is 13.5. The number of aromatic nitrogens is 1. The van der Waals surface area contributed by atoms with Crippen LogP contribution < -0.4 is 0 Å². The maximum absolute atomic E-state index is 6.42. The zero-order valence-corrected chi connectivity index (χ0v) is 21.1. The summed E-state index contributed by atoms with van der Waals surface area (Å²) in [7, 11) is 0. The minimum absolute atomic E-state index is 0.892. The Morgan fingerprint density at radius 2 is 1.41 bits per heavy atom. The molecule has 1 aliphatic rings. The number of hydrogen-bond donors (Lipinski definition) is 0. The van der Waals surface area contributed by atoms with Gasteiger partial charge in [0.25, 0.3) is 0 Å². The molecule has 0 amide bonds. The van der Waals surface area contributed by atoms with E-state index in [4.69, 9.17) is 8.83 Å². The Labute approximate surface area is 224 Å². The summed E-state index contributed by atoms with van der Waals surface area (Å²) in [5.41, 5.74) is 11.0. The third kappa shape index (κ3) is 2.93. The van der Waals surface area contributed by atoms with Crippen molar-refractivity contribution in [1.82, 2.24) is 4.57 Å². The zero-order valence-electron chi connectivity index (χ0n) is 21.1.